The molecule has 0 radical (unpaired) electrons. The van der Waals surface area contributed by atoms with Crippen LogP contribution in [0.4, 0.5) is 4.39 Å². The van der Waals surface area contributed by atoms with Crippen LogP contribution in [0.2, 0.25) is 0 Å². The Hall–Kier alpha value is -3.45. The summed E-state index contributed by atoms with van der Waals surface area (Å²) in [6.07, 6.45) is 4.98. The van der Waals surface area contributed by atoms with Crippen molar-refractivity contribution in [3.05, 3.63) is 54.4 Å². The number of carbonyl (C=O) groups is 3. The molecule has 11 nitrogen and oxygen atoms in total. The van der Waals surface area contributed by atoms with Gasteiger partial charge in [-0.15, -0.1) is 0 Å². The predicted octanol–water partition coefficient (Wildman–Crippen LogP) is -0.474. The van der Waals surface area contributed by atoms with Crippen LogP contribution in [0.3, 0.4) is 0 Å². The molecule has 4 rings (SSSR count). The van der Waals surface area contributed by atoms with Crippen molar-refractivity contribution in [3.8, 4) is 0 Å². The molecule has 1 aromatic heterocycles. The van der Waals surface area contributed by atoms with E-state index in [0.717, 1.165) is 28.6 Å². The molecule has 0 spiro atoms. The lowest BCUT2D eigenvalue weighted by Crippen LogP contribution is -2.63. The Morgan fingerprint density at radius 1 is 1.12 bits per heavy atom. The predicted molar refractivity (Wildman–Crippen MR) is 116 cm³/mol. The highest BCUT2D eigenvalue weighted by atomic mass is 32.2. The maximum atomic E-state index is 13.3. The first-order valence-electron chi connectivity index (χ1n) is 10.7. The molecule has 2 saturated heterocycles. The second kappa shape index (κ2) is 9.81. The van der Waals surface area contributed by atoms with Crippen molar-refractivity contribution in [2.75, 3.05) is 26.2 Å². The molecule has 2 aliphatic heterocycles. The molecule has 2 atom stereocenters. The van der Waals surface area contributed by atoms with Crippen molar-refractivity contribution >= 4 is 27.7 Å². The Kier molecular flexibility index (Phi) is 6.84. The molecule has 1 aromatic carbocycles. The van der Waals surface area contributed by atoms with Crippen LogP contribution in [0.25, 0.3) is 0 Å². The van der Waals surface area contributed by atoms with Gasteiger partial charge >= 0.3 is 0 Å². The zero-order valence-electron chi connectivity index (χ0n) is 18.1. The minimum atomic E-state index is -4.06. The summed E-state index contributed by atoms with van der Waals surface area (Å²) in [4.78, 5) is 47.2. The fraction of sp³-hybridized carbons (Fsp3) is 0.381. The van der Waals surface area contributed by atoms with E-state index in [1.165, 1.54) is 23.6 Å². The molecule has 180 valence electrons. The summed E-state index contributed by atoms with van der Waals surface area (Å²) in [6.45, 7) is 0.0200. The van der Waals surface area contributed by atoms with Gasteiger partial charge in [-0.3, -0.25) is 14.4 Å². The Morgan fingerprint density at radius 3 is 2.50 bits per heavy atom. The van der Waals surface area contributed by atoms with Gasteiger partial charge in [-0.1, -0.05) is 0 Å². The van der Waals surface area contributed by atoms with E-state index in [0.29, 0.717) is 19.4 Å². The number of hydrogen-bond acceptors (Lipinski definition) is 7. The Morgan fingerprint density at radius 2 is 1.82 bits per heavy atom. The van der Waals surface area contributed by atoms with E-state index in [1.807, 2.05) is 0 Å². The quantitative estimate of drug-likeness (QED) is 0.577. The van der Waals surface area contributed by atoms with Crippen LogP contribution < -0.4 is 10.6 Å². The summed E-state index contributed by atoms with van der Waals surface area (Å²) in [5, 5.41) is 5.32. The van der Waals surface area contributed by atoms with E-state index in [4.69, 9.17) is 0 Å². The Bertz CT molecular complexity index is 1180. The number of piperazine rings is 1. The van der Waals surface area contributed by atoms with E-state index in [9.17, 15) is 27.2 Å². The van der Waals surface area contributed by atoms with Gasteiger partial charge in [-0.25, -0.2) is 22.8 Å². The first kappa shape index (κ1) is 23.7. The van der Waals surface area contributed by atoms with Crippen LogP contribution in [0.15, 0.2) is 47.9 Å². The van der Waals surface area contributed by atoms with E-state index in [-0.39, 0.29) is 36.0 Å². The summed E-state index contributed by atoms with van der Waals surface area (Å²) >= 11 is 0. The van der Waals surface area contributed by atoms with E-state index >= 15 is 0 Å². The summed E-state index contributed by atoms with van der Waals surface area (Å²) in [5.41, 5.74) is 0.144. The topological polar surface area (TPSA) is 142 Å². The minimum Gasteiger partial charge on any atom is -0.354 e. The number of sulfonamides is 1. The molecule has 3 amide bonds. The normalized spacial score (nSPS) is 21.6. The molecular formula is C21H23FN6O5S. The molecule has 2 aromatic rings. The second-order valence-electron chi connectivity index (χ2n) is 7.95. The van der Waals surface area contributed by atoms with Crippen molar-refractivity contribution < 1.29 is 27.2 Å². The van der Waals surface area contributed by atoms with Crippen LogP contribution in [0.5, 0.6) is 0 Å². The van der Waals surface area contributed by atoms with Crippen LogP contribution >= 0.6 is 0 Å². The molecule has 2 aliphatic rings. The Balaban J connectivity index is 1.60. The van der Waals surface area contributed by atoms with E-state index < -0.39 is 39.7 Å². The molecule has 34 heavy (non-hydrogen) atoms. The first-order valence-corrected chi connectivity index (χ1v) is 12.1. The maximum Gasteiger partial charge on any atom is 0.257 e. The molecule has 3 heterocycles. The van der Waals surface area contributed by atoms with Crippen molar-refractivity contribution in [1.29, 1.82) is 0 Å². The average molecular weight is 491 g/mol. The summed E-state index contributed by atoms with van der Waals surface area (Å²) in [5.74, 6) is -2.10. The largest absolute Gasteiger partial charge is 0.354 e. The zero-order valence-corrected chi connectivity index (χ0v) is 18.9. The van der Waals surface area contributed by atoms with Gasteiger partial charge in [-0.05, 0) is 37.1 Å². The number of nitrogens with one attached hydrogen (secondary N) is 2. The third kappa shape index (κ3) is 4.89. The fourth-order valence-electron chi connectivity index (χ4n) is 3.95. The number of nitrogens with zero attached hydrogens (tertiary/aromatic N) is 4. The molecule has 0 bridgehead atoms. The van der Waals surface area contributed by atoms with Gasteiger partial charge in [0.1, 0.15) is 24.2 Å². The molecular weight excluding hydrogens is 467 g/mol. The SMILES string of the molecule is O=C1NCCCC1NC(=O)C1CN(S(=O)(=O)c2ccc(F)cc2)CCN1C(=O)c1cncnc1. The number of halogens is 1. The van der Waals surface area contributed by atoms with Gasteiger partial charge < -0.3 is 15.5 Å². The lowest BCUT2D eigenvalue weighted by Gasteiger charge is -2.40. The van der Waals surface area contributed by atoms with Gasteiger partial charge in [0, 0.05) is 38.6 Å². The van der Waals surface area contributed by atoms with Crippen LogP contribution in [-0.2, 0) is 19.6 Å². The van der Waals surface area contributed by atoms with Crippen molar-refractivity contribution in [1.82, 2.24) is 29.8 Å². The van der Waals surface area contributed by atoms with E-state index in [1.54, 1.807) is 0 Å². The van der Waals surface area contributed by atoms with Crippen LogP contribution in [0.1, 0.15) is 23.2 Å². The molecule has 2 fully saturated rings. The molecule has 2 unspecified atom stereocenters. The van der Waals surface area contributed by atoms with Gasteiger partial charge in [-0.2, -0.15) is 4.31 Å². The fourth-order valence-corrected chi connectivity index (χ4v) is 5.39. The molecule has 0 aliphatic carbocycles. The number of hydrogen-bond donors (Lipinski definition) is 2. The number of carbonyl (C=O) groups excluding carboxylic acids is 3. The third-order valence-corrected chi connectivity index (χ3v) is 7.65. The highest BCUT2D eigenvalue weighted by Crippen LogP contribution is 2.22. The number of aromatic nitrogens is 2. The van der Waals surface area contributed by atoms with Crippen molar-refractivity contribution in [2.45, 2.75) is 29.8 Å². The smallest absolute Gasteiger partial charge is 0.257 e. The summed E-state index contributed by atoms with van der Waals surface area (Å²) < 4.78 is 40.7. The highest BCUT2D eigenvalue weighted by molar-refractivity contribution is 7.89. The van der Waals surface area contributed by atoms with Crippen LogP contribution in [0, 0.1) is 5.82 Å². The molecule has 0 saturated carbocycles. The monoisotopic (exact) mass is 490 g/mol. The van der Waals surface area contributed by atoms with Gasteiger partial charge in [0.2, 0.25) is 21.8 Å². The van der Waals surface area contributed by atoms with Gasteiger partial charge in [0.25, 0.3) is 5.91 Å². The number of amides is 3. The summed E-state index contributed by atoms with van der Waals surface area (Å²) in [7, 11) is -4.06. The van der Waals surface area contributed by atoms with E-state index in [2.05, 4.69) is 20.6 Å². The number of benzene rings is 1. The Labute approximate surface area is 195 Å². The average Bonchev–Trinajstić information content (AvgIpc) is 2.85. The first-order chi connectivity index (χ1) is 16.3. The number of piperidine rings is 1. The zero-order chi connectivity index (χ0) is 24.3. The van der Waals surface area contributed by atoms with Gasteiger partial charge in [0.05, 0.1) is 10.5 Å². The third-order valence-electron chi connectivity index (χ3n) is 5.77. The maximum absolute atomic E-state index is 13.3. The lowest BCUT2D eigenvalue weighted by atomic mass is 10.1. The highest BCUT2D eigenvalue weighted by Gasteiger charge is 2.41. The van der Waals surface area contributed by atoms with Gasteiger partial charge in [0.15, 0.2) is 0 Å². The van der Waals surface area contributed by atoms with Crippen molar-refractivity contribution in [3.63, 3.8) is 0 Å². The van der Waals surface area contributed by atoms with Crippen molar-refractivity contribution in [2.24, 2.45) is 0 Å². The summed E-state index contributed by atoms with van der Waals surface area (Å²) in [6, 6.07) is 2.38. The standard InChI is InChI=1S/C21H23FN6O5S/c22-15-3-5-16(6-4-15)34(32,33)27-8-9-28(21(31)14-10-23-13-24-11-14)18(12-27)20(30)26-17-2-1-7-25-19(17)29/h3-6,10-11,13,17-18H,1-2,7-9,12H2,(H,25,29)(H,26,30). The number of rotatable bonds is 5. The lowest BCUT2D eigenvalue weighted by molar-refractivity contribution is -0.133. The second-order valence-corrected chi connectivity index (χ2v) is 9.89. The molecule has 13 heteroatoms. The van der Waals surface area contributed by atoms with Crippen LogP contribution in [-0.4, -0.2) is 83.6 Å². The molecule has 2 N–H and O–H groups in total. The minimum absolute atomic E-state index is 0.0766.